The molecule has 0 saturated carbocycles. The van der Waals surface area contributed by atoms with E-state index in [1.807, 2.05) is 0 Å². The third-order valence-electron chi connectivity index (χ3n) is 1.11. The van der Waals surface area contributed by atoms with E-state index in [0.29, 0.717) is 6.42 Å². The van der Waals surface area contributed by atoms with Gasteiger partial charge >= 0.3 is 5.97 Å². The first-order valence-electron chi connectivity index (χ1n) is 3.65. The molecule has 0 aromatic heterocycles. The van der Waals surface area contributed by atoms with Crippen LogP contribution in [-0.2, 0) is 9.53 Å². The number of carbonyl (C=O) groups is 1. The molecule has 0 rings (SSSR count). The Balaban J connectivity index is 3.27. The van der Waals surface area contributed by atoms with E-state index in [1.54, 1.807) is 6.92 Å². The fourth-order valence-electron chi connectivity index (χ4n) is 0.530. The smallest absolute Gasteiger partial charge is 0.306 e. The molecule has 11 heavy (non-hydrogen) atoms. The van der Waals surface area contributed by atoms with E-state index < -0.39 is 0 Å². The van der Waals surface area contributed by atoms with Crippen molar-refractivity contribution in [1.82, 2.24) is 0 Å². The van der Waals surface area contributed by atoms with Gasteiger partial charge in [-0.3, -0.25) is 4.79 Å². The van der Waals surface area contributed by atoms with Gasteiger partial charge in [0, 0.05) is 6.42 Å². The van der Waals surface area contributed by atoms with Crippen molar-refractivity contribution >= 4 is 5.97 Å². The van der Waals surface area contributed by atoms with Gasteiger partial charge in [0.2, 0.25) is 0 Å². The van der Waals surface area contributed by atoms with Crippen molar-refractivity contribution in [3.8, 4) is 11.8 Å². The van der Waals surface area contributed by atoms with Crippen molar-refractivity contribution < 1.29 is 9.53 Å². The summed E-state index contributed by atoms with van der Waals surface area (Å²) in [6.45, 7) is 5.55. The number of rotatable bonds is 4. The molecule has 0 aliphatic carbocycles. The fraction of sp³-hybridized carbons (Fsp3) is 0.556. The zero-order valence-corrected chi connectivity index (χ0v) is 6.85. The van der Waals surface area contributed by atoms with Gasteiger partial charge in [0.05, 0.1) is 0 Å². The summed E-state index contributed by atoms with van der Waals surface area (Å²) >= 11 is 0. The number of ether oxygens (including phenoxy) is 1. The molecule has 0 bridgehead atoms. The lowest BCUT2D eigenvalue weighted by molar-refractivity contribution is -0.142. The van der Waals surface area contributed by atoms with Gasteiger partial charge in [-0.15, -0.1) is 5.92 Å². The van der Waals surface area contributed by atoms with E-state index in [-0.39, 0.29) is 12.6 Å². The molecule has 1 radical (unpaired) electrons. The molecule has 2 heteroatoms. The Morgan fingerprint density at radius 3 is 2.91 bits per heavy atom. The van der Waals surface area contributed by atoms with E-state index >= 15 is 0 Å². The maximum absolute atomic E-state index is 10.8. The number of unbranched alkanes of at least 4 members (excludes halogenated alkanes) is 1. The molecule has 2 nitrogen and oxygen atoms in total. The SMILES string of the molecule is [CH2]CCCC(=O)OCC#CC. The van der Waals surface area contributed by atoms with Crippen molar-refractivity contribution in [2.45, 2.75) is 26.2 Å². The fourth-order valence-corrected chi connectivity index (χ4v) is 0.530. The van der Waals surface area contributed by atoms with Crippen LogP contribution in [0.15, 0.2) is 0 Å². The van der Waals surface area contributed by atoms with Crippen LogP contribution in [0.2, 0.25) is 0 Å². The molecule has 0 N–H and O–H groups in total. The monoisotopic (exact) mass is 153 g/mol. The summed E-state index contributed by atoms with van der Waals surface area (Å²) in [5.41, 5.74) is 0. The van der Waals surface area contributed by atoms with Gasteiger partial charge in [-0.2, -0.15) is 0 Å². The van der Waals surface area contributed by atoms with Gasteiger partial charge in [-0.25, -0.2) is 0 Å². The molecule has 0 spiro atoms. The van der Waals surface area contributed by atoms with Crippen LogP contribution in [0.5, 0.6) is 0 Å². The van der Waals surface area contributed by atoms with Crippen LogP contribution in [0.25, 0.3) is 0 Å². The van der Waals surface area contributed by atoms with Gasteiger partial charge < -0.3 is 4.74 Å². The minimum absolute atomic E-state index is 0.184. The van der Waals surface area contributed by atoms with E-state index in [9.17, 15) is 4.79 Å². The molecule has 0 amide bonds. The summed E-state index contributed by atoms with van der Waals surface area (Å²) in [6, 6.07) is 0. The van der Waals surface area contributed by atoms with Gasteiger partial charge in [0.25, 0.3) is 0 Å². The van der Waals surface area contributed by atoms with Crippen molar-refractivity contribution in [3.05, 3.63) is 6.92 Å². The maximum atomic E-state index is 10.8. The second-order valence-electron chi connectivity index (χ2n) is 2.04. The lowest BCUT2D eigenvalue weighted by atomic mass is 10.2. The molecular formula is C9H13O2. The molecule has 0 fully saturated rings. The molecule has 0 aromatic rings. The molecule has 61 valence electrons. The largest absolute Gasteiger partial charge is 0.452 e. The van der Waals surface area contributed by atoms with Crippen LogP contribution < -0.4 is 0 Å². The average molecular weight is 153 g/mol. The average Bonchev–Trinajstić information content (AvgIpc) is 2.01. The van der Waals surface area contributed by atoms with E-state index in [4.69, 9.17) is 4.74 Å². The van der Waals surface area contributed by atoms with Crippen molar-refractivity contribution in [1.29, 1.82) is 0 Å². The predicted octanol–water partition coefficient (Wildman–Crippen LogP) is 1.56. The van der Waals surface area contributed by atoms with Crippen molar-refractivity contribution in [2.75, 3.05) is 6.61 Å². The minimum atomic E-state index is -0.184. The Morgan fingerprint density at radius 2 is 2.36 bits per heavy atom. The molecule has 0 aliphatic heterocycles. The molecule has 0 saturated heterocycles. The van der Waals surface area contributed by atoms with E-state index in [0.717, 1.165) is 12.8 Å². The highest BCUT2D eigenvalue weighted by atomic mass is 16.5. The third kappa shape index (κ3) is 6.92. The highest BCUT2D eigenvalue weighted by Gasteiger charge is 1.98. The molecule has 0 aromatic carbocycles. The van der Waals surface area contributed by atoms with Gasteiger partial charge in [-0.05, 0) is 13.3 Å². The molecule has 0 heterocycles. The Labute approximate surface area is 67.9 Å². The third-order valence-corrected chi connectivity index (χ3v) is 1.11. The molecule has 0 aliphatic rings. The first kappa shape index (κ1) is 10.0. The van der Waals surface area contributed by atoms with Gasteiger partial charge in [-0.1, -0.05) is 19.3 Å². The normalized spacial score (nSPS) is 8.18. The van der Waals surface area contributed by atoms with Crippen LogP contribution in [0.4, 0.5) is 0 Å². The quantitative estimate of drug-likeness (QED) is 0.452. The molecule has 0 atom stereocenters. The van der Waals surface area contributed by atoms with E-state index in [1.165, 1.54) is 0 Å². The Morgan fingerprint density at radius 1 is 1.64 bits per heavy atom. The van der Waals surface area contributed by atoms with Crippen LogP contribution in [0.3, 0.4) is 0 Å². The number of esters is 1. The molecular weight excluding hydrogens is 140 g/mol. The minimum Gasteiger partial charge on any atom is -0.452 e. The first-order chi connectivity index (χ1) is 5.31. The first-order valence-corrected chi connectivity index (χ1v) is 3.65. The zero-order valence-electron chi connectivity index (χ0n) is 6.85. The second-order valence-corrected chi connectivity index (χ2v) is 2.04. The molecule has 0 unspecified atom stereocenters. The van der Waals surface area contributed by atoms with E-state index in [2.05, 4.69) is 18.8 Å². The predicted molar refractivity (Wildman–Crippen MR) is 43.6 cm³/mol. The van der Waals surface area contributed by atoms with Crippen molar-refractivity contribution in [3.63, 3.8) is 0 Å². The summed E-state index contributed by atoms with van der Waals surface area (Å²) in [7, 11) is 0. The van der Waals surface area contributed by atoms with Crippen molar-refractivity contribution in [2.24, 2.45) is 0 Å². The van der Waals surface area contributed by atoms with Crippen LogP contribution >= 0.6 is 0 Å². The Bertz CT molecular complexity index is 162. The number of hydrogen-bond acceptors (Lipinski definition) is 2. The van der Waals surface area contributed by atoms with Gasteiger partial charge in [0.1, 0.15) is 0 Å². The maximum Gasteiger partial charge on any atom is 0.306 e. The number of hydrogen-bond donors (Lipinski definition) is 0. The van der Waals surface area contributed by atoms with Crippen LogP contribution in [0.1, 0.15) is 26.2 Å². The standard InChI is InChI=1S/C9H13O2/c1-3-5-7-9(10)11-8-6-4-2/h1,3,5,7-8H2,2H3. The topological polar surface area (TPSA) is 26.3 Å². The Kier molecular flexibility index (Phi) is 6.51. The number of carbonyl (C=O) groups excluding carboxylic acids is 1. The highest BCUT2D eigenvalue weighted by molar-refractivity contribution is 5.69. The summed E-state index contributed by atoms with van der Waals surface area (Å²) in [4.78, 5) is 10.8. The highest BCUT2D eigenvalue weighted by Crippen LogP contribution is 1.95. The Hall–Kier alpha value is -0.970. The van der Waals surface area contributed by atoms with Crippen LogP contribution in [-0.4, -0.2) is 12.6 Å². The summed E-state index contributed by atoms with van der Waals surface area (Å²) in [5.74, 6) is 5.10. The van der Waals surface area contributed by atoms with Crippen LogP contribution in [0, 0.1) is 18.8 Å². The van der Waals surface area contributed by atoms with Gasteiger partial charge in [0.15, 0.2) is 6.61 Å². The summed E-state index contributed by atoms with van der Waals surface area (Å²) in [5, 5.41) is 0. The lowest BCUT2D eigenvalue weighted by Gasteiger charge is -1.97. The lowest BCUT2D eigenvalue weighted by Crippen LogP contribution is -2.03. The zero-order chi connectivity index (χ0) is 8.53. The summed E-state index contributed by atoms with van der Waals surface area (Å²) in [6.07, 6.45) is 2.02. The summed E-state index contributed by atoms with van der Waals surface area (Å²) < 4.78 is 4.74. The second kappa shape index (κ2) is 7.14.